The largest absolute Gasteiger partial charge is 0.504 e. The minimum atomic E-state index is -0.517. The average molecular weight is 329 g/mol. The Labute approximate surface area is 141 Å². The number of benzene rings is 1. The van der Waals surface area contributed by atoms with Crippen LogP contribution in [0.15, 0.2) is 12.1 Å². The van der Waals surface area contributed by atoms with Gasteiger partial charge in [-0.3, -0.25) is 4.79 Å². The number of carbonyl (C=O) groups excluding carboxylic acids is 1. The van der Waals surface area contributed by atoms with Crippen molar-refractivity contribution in [1.29, 1.82) is 0 Å². The summed E-state index contributed by atoms with van der Waals surface area (Å²) in [5.74, 6) is 0.824. The molecule has 1 saturated carbocycles. The summed E-state index contributed by atoms with van der Waals surface area (Å²) in [6, 6.07) is 3.95. The quantitative estimate of drug-likeness (QED) is 0.896. The van der Waals surface area contributed by atoms with E-state index < -0.39 is 17.1 Å². The molecule has 1 spiro atoms. The summed E-state index contributed by atoms with van der Waals surface area (Å²) >= 11 is 0. The molecule has 2 bridgehead atoms. The molecular weight excluding hydrogens is 306 g/mol. The number of likely N-dealkylation sites (tertiary alicyclic amines) is 1. The molecule has 128 valence electrons. The first-order chi connectivity index (χ1) is 11.5. The summed E-state index contributed by atoms with van der Waals surface area (Å²) in [4.78, 5) is 15.2. The number of rotatable bonds is 2. The number of hydrogen-bond donors (Lipinski definition) is 1. The van der Waals surface area contributed by atoms with Crippen LogP contribution < -0.4 is 4.74 Å². The van der Waals surface area contributed by atoms with Crippen LogP contribution in [0.2, 0.25) is 0 Å². The van der Waals surface area contributed by atoms with Crippen LogP contribution in [0.25, 0.3) is 0 Å². The van der Waals surface area contributed by atoms with Crippen molar-refractivity contribution in [2.75, 3.05) is 20.2 Å². The summed E-state index contributed by atoms with van der Waals surface area (Å²) in [6.07, 6.45) is 2.42. The van der Waals surface area contributed by atoms with E-state index in [0.29, 0.717) is 18.8 Å². The lowest BCUT2D eigenvalue weighted by Crippen LogP contribution is -2.77. The van der Waals surface area contributed by atoms with E-state index in [9.17, 15) is 9.90 Å². The van der Waals surface area contributed by atoms with Crippen molar-refractivity contribution in [2.45, 2.75) is 55.8 Å². The van der Waals surface area contributed by atoms with Gasteiger partial charge in [0, 0.05) is 24.6 Å². The Morgan fingerprint density at radius 2 is 2.25 bits per heavy atom. The molecule has 5 rings (SSSR count). The number of hydrogen-bond acceptors (Lipinski definition) is 5. The zero-order chi connectivity index (χ0) is 16.7. The van der Waals surface area contributed by atoms with Crippen LogP contribution in [-0.2, 0) is 21.4 Å². The molecule has 5 nitrogen and oxygen atoms in total. The highest BCUT2D eigenvalue weighted by molar-refractivity contribution is 5.90. The molecule has 4 aliphatic rings. The molecule has 2 heterocycles. The van der Waals surface area contributed by atoms with E-state index in [0.717, 1.165) is 31.4 Å². The predicted molar refractivity (Wildman–Crippen MR) is 87.5 cm³/mol. The number of phenolic OH excluding ortho intramolecular Hbond substituents is 1. The van der Waals surface area contributed by atoms with Gasteiger partial charge >= 0.3 is 0 Å². The summed E-state index contributed by atoms with van der Waals surface area (Å²) in [5.41, 5.74) is 1.40. The molecular formula is C19H23NO4. The Balaban J connectivity index is 1.86. The van der Waals surface area contributed by atoms with Gasteiger partial charge in [-0.05, 0) is 51.4 Å². The Kier molecular flexibility index (Phi) is 2.78. The molecule has 1 aromatic rings. The fourth-order valence-corrected chi connectivity index (χ4v) is 6.06. The maximum absolute atomic E-state index is 12.8. The normalized spacial score (nSPS) is 39.5. The van der Waals surface area contributed by atoms with Crippen LogP contribution in [-0.4, -0.2) is 53.7 Å². The average Bonchev–Trinajstić information content (AvgIpc) is 2.92. The molecule has 2 fully saturated rings. The predicted octanol–water partition coefficient (Wildman–Crippen LogP) is 1.79. The number of nitrogens with zero attached hydrogens (tertiary/aromatic N) is 1. The summed E-state index contributed by atoms with van der Waals surface area (Å²) in [6.45, 7) is 3.57. The molecule has 0 radical (unpaired) electrons. The van der Waals surface area contributed by atoms with Gasteiger partial charge in [-0.2, -0.15) is 0 Å². The van der Waals surface area contributed by atoms with Gasteiger partial charge < -0.3 is 19.5 Å². The van der Waals surface area contributed by atoms with Gasteiger partial charge in [-0.1, -0.05) is 6.07 Å². The monoisotopic (exact) mass is 329 g/mol. The SMILES string of the molecule is CCO[C@@]12CCC(=O)[C@@H]3Oc4c(O)ccc5c4[C@@]31CCN(C)[C@@H]2C5. The number of phenols is 1. The second-order valence-corrected chi connectivity index (χ2v) is 7.66. The van der Waals surface area contributed by atoms with E-state index in [1.54, 1.807) is 6.07 Å². The van der Waals surface area contributed by atoms with Gasteiger partial charge in [0.25, 0.3) is 0 Å². The first-order valence-corrected chi connectivity index (χ1v) is 8.94. The van der Waals surface area contributed by atoms with Crippen molar-refractivity contribution in [3.05, 3.63) is 23.3 Å². The maximum atomic E-state index is 12.8. The number of carbonyl (C=O) groups is 1. The lowest BCUT2D eigenvalue weighted by molar-refractivity contribution is -0.208. The van der Waals surface area contributed by atoms with Crippen molar-refractivity contribution in [1.82, 2.24) is 4.90 Å². The summed E-state index contributed by atoms with van der Waals surface area (Å²) in [7, 11) is 2.16. The van der Waals surface area contributed by atoms with E-state index >= 15 is 0 Å². The van der Waals surface area contributed by atoms with Crippen molar-refractivity contribution in [3.63, 3.8) is 0 Å². The standard InChI is InChI=1S/C19H23NO4/c1-3-23-19-7-6-13(22)17-18(19)8-9-20(2)14(19)10-11-4-5-12(21)16(24-17)15(11)18/h4-5,14,17,21H,3,6-10H2,1-2H3/t14-,17+,18+,19-/m1/s1. The first kappa shape index (κ1) is 14.7. The Morgan fingerprint density at radius 3 is 3.04 bits per heavy atom. The summed E-state index contributed by atoms with van der Waals surface area (Å²) in [5, 5.41) is 10.4. The third-order valence-electron chi connectivity index (χ3n) is 6.89. The lowest BCUT2D eigenvalue weighted by atomic mass is 9.49. The fourth-order valence-electron chi connectivity index (χ4n) is 6.06. The van der Waals surface area contributed by atoms with Crippen LogP contribution in [0.1, 0.15) is 37.3 Å². The Hall–Kier alpha value is -1.59. The zero-order valence-corrected chi connectivity index (χ0v) is 14.2. The third kappa shape index (κ3) is 1.39. The lowest BCUT2D eigenvalue weighted by Gasteiger charge is -2.63. The molecule has 1 N–H and O–H groups in total. The van der Waals surface area contributed by atoms with Crippen molar-refractivity contribution in [3.8, 4) is 11.5 Å². The topological polar surface area (TPSA) is 59.0 Å². The fraction of sp³-hybridized carbons (Fsp3) is 0.632. The maximum Gasteiger partial charge on any atom is 0.174 e. The highest BCUT2D eigenvalue weighted by Crippen LogP contribution is 2.65. The number of likely N-dealkylation sites (N-methyl/N-ethyl adjacent to an activating group) is 1. The van der Waals surface area contributed by atoms with E-state index in [1.807, 2.05) is 13.0 Å². The highest BCUT2D eigenvalue weighted by Gasteiger charge is 2.73. The molecule has 2 aliphatic heterocycles. The number of aromatic hydroxyl groups is 1. The second kappa shape index (κ2) is 4.52. The smallest absolute Gasteiger partial charge is 0.174 e. The molecule has 1 aromatic carbocycles. The van der Waals surface area contributed by atoms with Gasteiger partial charge in [-0.15, -0.1) is 0 Å². The Bertz CT molecular complexity index is 747. The first-order valence-electron chi connectivity index (χ1n) is 8.94. The molecule has 0 unspecified atom stereocenters. The van der Waals surface area contributed by atoms with Gasteiger partial charge in [0.2, 0.25) is 0 Å². The number of piperidine rings is 1. The molecule has 5 heteroatoms. The molecule has 0 amide bonds. The van der Waals surface area contributed by atoms with Gasteiger partial charge in [0.05, 0.1) is 11.0 Å². The van der Waals surface area contributed by atoms with Gasteiger partial charge in [0.1, 0.15) is 0 Å². The van der Waals surface area contributed by atoms with E-state index in [1.165, 1.54) is 5.56 Å². The summed E-state index contributed by atoms with van der Waals surface area (Å²) < 4.78 is 12.6. The highest BCUT2D eigenvalue weighted by atomic mass is 16.5. The molecule has 1 saturated heterocycles. The van der Waals surface area contributed by atoms with Crippen LogP contribution in [0.3, 0.4) is 0 Å². The third-order valence-corrected chi connectivity index (χ3v) is 6.89. The number of Topliss-reactive ketones (excluding diaryl/α,β-unsaturated/α-hetero) is 1. The number of ether oxygens (including phenoxy) is 2. The van der Waals surface area contributed by atoms with Gasteiger partial charge in [0.15, 0.2) is 23.4 Å². The van der Waals surface area contributed by atoms with Crippen LogP contribution >= 0.6 is 0 Å². The molecule has 0 aromatic heterocycles. The van der Waals surface area contributed by atoms with Gasteiger partial charge in [-0.25, -0.2) is 0 Å². The van der Waals surface area contributed by atoms with E-state index in [-0.39, 0.29) is 17.6 Å². The minimum absolute atomic E-state index is 0.146. The second-order valence-electron chi connectivity index (χ2n) is 7.66. The van der Waals surface area contributed by atoms with Crippen LogP contribution in [0.4, 0.5) is 0 Å². The van der Waals surface area contributed by atoms with E-state index in [4.69, 9.17) is 9.47 Å². The van der Waals surface area contributed by atoms with Crippen LogP contribution in [0, 0.1) is 0 Å². The number of ketones is 1. The van der Waals surface area contributed by atoms with Crippen LogP contribution in [0.5, 0.6) is 11.5 Å². The van der Waals surface area contributed by atoms with Crippen molar-refractivity contribution in [2.24, 2.45) is 0 Å². The molecule has 24 heavy (non-hydrogen) atoms. The van der Waals surface area contributed by atoms with E-state index in [2.05, 4.69) is 11.9 Å². The van der Waals surface area contributed by atoms with Crippen molar-refractivity contribution < 1.29 is 19.4 Å². The van der Waals surface area contributed by atoms with Crippen molar-refractivity contribution >= 4 is 5.78 Å². The Morgan fingerprint density at radius 1 is 1.42 bits per heavy atom. The molecule has 2 aliphatic carbocycles. The molecule has 4 atom stereocenters. The zero-order valence-electron chi connectivity index (χ0n) is 14.2. The minimum Gasteiger partial charge on any atom is -0.504 e.